The fraction of sp³-hybridized carbons (Fsp3) is 0.400. The number of rotatable bonds is 5. The van der Waals surface area contributed by atoms with Crippen molar-refractivity contribution in [1.29, 1.82) is 0 Å². The van der Waals surface area contributed by atoms with Gasteiger partial charge in [0.15, 0.2) is 5.13 Å². The van der Waals surface area contributed by atoms with E-state index in [4.69, 9.17) is 5.73 Å². The van der Waals surface area contributed by atoms with E-state index >= 15 is 0 Å². The van der Waals surface area contributed by atoms with Crippen molar-refractivity contribution < 1.29 is 0 Å². The Balaban J connectivity index is 0.00000200. The molecular formula is C15H22ClN3S. The molecule has 1 heterocycles. The Hall–Kier alpha value is -1.10. The highest BCUT2D eigenvalue weighted by atomic mass is 35.5. The second kappa shape index (κ2) is 7.07. The van der Waals surface area contributed by atoms with Crippen molar-refractivity contribution in [1.82, 2.24) is 10.3 Å². The van der Waals surface area contributed by atoms with Crippen LogP contribution >= 0.6 is 23.7 Å². The quantitative estimate of drug-likeness (QED) is 0.884. The van der Waals surface area contributed by atoms with Gasteiger partial charge in [0.25, 0.3) is 0 Å². The maximum Gasteiger partial charge on any atom is 0.180 e. The molecule has 0 amide bonds. The standard InChI is InChI=1S/C15H21N3S.ClH/c1-4-11-5-7-12(8-6-11)15(2,3)18-10-13-9-17-14(16)19-13;/h5-9,18H,4,10H2,1-3H3,(H2,16,17);1H. The number of nitrogens with two attached hydrogens (primary N) is 1. The van der Waals surface area contributed by atoms with Crippen LogP contribution in [-0.4, -0.2) is 4.98 Å². The number of benzene rings is 1. The summed E-state index contributed by atoms with van der Waals surface area (Å²) in [6.45, 7) is 7.35. The van der Waals surface area contributed by atoms with Crippen molar-refractivity contribution in [3.63, 3.8) is 0 Å². The molecule has 0 saturated heterocycles. The smallest absolute Gasteiger partial charge is 0.180 e. The van der Waals surface area contributed by atoms with Gasteiger partial charge in [-0.1, -0.05) is 31.2 Å². The van der Waals surface area contributed by atoms with Crippen LogP contribution in [0.15, 0.2) is 30.5 Å². The van der Waals surface area contributed by atoms with Crippen molar-refractivity contribution in [2.75, 3.05) is 5.73 Å². The summed E-state index contributed by atoms with van der Waals surface area (Å²) < 4.78 is 0. The molecule has 0 aliphatic heterocycles. The molecule has 1 aromatic carbocycles. The molecule has 0 fully saturated rings. The predicted octanol–water partition coefficient (Wildman–Crippen LogP) is 3.73. The third-order valence-electron chi connectivity index (χ3n) is 3.36. The highest BCUT2D eigenvalue weighted by Crippen LogP contribution is 2.22. The fourth-order valence-electron chi connectivity index (χ4n) is 1.97. The van der Waals surface area contributed by atoms with Crippen molar-refractivity contribution in [3.05, 3.63) is 46.5 Å². The minimum absolute atomic E-state index is 0. The number of thiazole rings is 1. The zero-order valence-corrected chi connectivity index (χ0v) is 13.8. The first-order valence-corrected chi connectivity index (χ1v) is 7.37. The van der Waals surface area contributed by atoms with E-state index in [2.05, 4.69) is 55.3 Å². The average molecular weight is 312 g/mol. The first-order chi connectivity index (χ1) is 9.01. The number of anilines is 1. The largest absolute Gasteiger partial charge is 0.375 e. The van der Waals surface area contributed by atoms with Crippen molar-refractivity contribution >= 4 is 28.9 Å². The molecule has 2 aromatic rings. The van der Waals surface area contributed by atoms with Gasteiger partial charge in [0, 0.05) is 23.2 Å². The number of aromatic nitrogens is 1. The Labute approximate surface area is 131 Å². The number of nitrogens with one attached hydrogen (secondary N) is 1. The lowest BCUT2D eigenvalue weighted by molar-refractivity contribution is 0.403. The number of nitrogens with zero attached hydrogens (tertiary/aromatic N) is 1. The molecular weight excluding hydrogens is 290 g/mol. The lowest BCUT2D eigenvalue weighted by atomic mass is 9.93. The fourth-order valence-corrected chi connectivity index (χ4v) is 2.60. The van der Waals surface area contributed by atoms with Gasteiger partial charge in [-0.2, -0.15) is 0 Å². The van der Waals surface area contributed by atoms with E-state index in [1.165, 1.54) is 22.5 Å². The summed E-state index contributed by atoms with van der Waals surface area (Å²) >= 11 is 1.53. The minimum atomic E-state index is -0.0645. The van der Waals surface area contributed by atoms with Crippen LogP contribution < -0.4 is 11.1 Å². The molecule has 2 rings (SSSR count). The number of halogens is 1. The normalized spacial score (nSPS) is 11.2. The second-order valence-electron chi connectivity index (χ2n) is 5.19. The lowest BCUT2D eigenvalue weighted by Crippen LogP contribution is -2.35. The molecule has 0 spiro atoms. The maximum absolute atomic E-state index is 5.64. The molecule has 20 heavy (non-hydrogen) atoms. The Bertz CT molecular complexity index is 534. The number of nitrogen functional groups attached to an aromatic ring is 1. The molecule has 0 unspecified atom stereocenters. The minimum Gasteiger partial charge on any atom is -0.375 e. The van der Waals surface area contributed by atoms with Gasteiger partial charge in [-0.15, -0.1) is 23.7 Å². The van der Waals surface area contributed by atoms with E-state index in [1.807, 2.05) is 6.20 Å². The molecule has 0 radical (unpaired) electrons. The third kappa shape index (κ3) is 4.20. The van der Waals surface area contributed by atoms with Crippen molar-refractivity contribution in [2.24, 2.45) is 0 Å². The highest BCUT2D eigenvalue weighted by molar-refractivity contribution is 7.15. The van der Waals surface area contributed by atoms with E-state index < -0.39 is 0 Å². The van der Waals surface area contributed by atoms with Crippen LogP contribution in [0.3, 0.4) is 0 Å². The van der Waals surface area contributed by atoms with Crippen LogP contribution in [0.25, 0.3) is 0 Å². The van der Waals surface area contributed by atoms with Crippen LogP contribution in [0, 0.1) is 0 Å². The van der Waals surface area contributed by atoms with Gasteiger partial charge in [-0.05, 0) is 31.4 Å². The molecule has 3 N–H and O–H groups in total. The Kier molecular flexibility index (Phi) is 5.99. The van der Waals surface area contributed by atoms with Crippen LogP contribution in [-0.2, 0) is 18.5 Å². The van der Waals surface area contributed by atoms with Crippen molar-refractivity contribution in [3.8, 4) is 0 Å². The van der Waals surface area contributed by atoms with Gasteiger partial charge in [-0.25, -0.2) is 4.98 Å². The molecule has 0 bridgehead atoms. The zero-order valence-electron chi connectivity index (χ0n) is 12.1. The molecule has 1 aromatic heterocycles. The first-order valence-electron chi connectivity index (χ1n) is 6.56. The summed E-state index contributed by atoms with van der Waals surface area (Å²) in [6.07, 6.45) is 2.91. The van der Waals surface area contributed by atoms with E-state index in [0.717, 1.165) is 17.8 Å². The van der Waals surface area contributed by atoms with E-state index in [0.29, 0.717) is 5.13 Å². The van der Waals surface area contributed by atoms with Crippen molar-refractivity contribution in [2.45, 2.75) is 39.3 Å². The molecule has 0 aliphatic rings. The molecule has 0 atom stereocenters. The van der Waals surface area contributed by atoms with Gasteiger partial charge in [0.05, 0.1) is 0 Å². The summed E-state index contributed by atoms with van der Waals surface area (Å²) in [6, 6.07) is 8.80. The first kappa shape index (κ1) is 17.0. The lowest BCUT2D eigenvalue weighted by Gasteiger charge is -2.27. The number of hydrogen-bond donors (Lipinski definition) is 2. The summed E-state index contributed by atoms with van der Waals surface area (Å²) in [4.78, 5) is 5.23. The zero-order chi connectivity index (χ0) is 13.9. The maximum atomic E-state index is 5.64. The summed E-state index contributed by atoms with van der Waals surface area (Å²) in [5, 5.41) is 4.18. The van der Waals surface area contributed by atoms with Crippen LogP contribution in [0.5, 0.6) is 0 Å². The SMILES string of the molecule is CCc1ccc(C(C)(C)NCc2cnc(N)s2)cc1.Cl. The predicted molar refractivity (Wildman–Crippen MR) is 89.5 cm³/mol. The molecule has 0 aliphatic carbocycles. The van der Waals surface area contributed by atoms with Crippen LogP contribution in [0.4, 0.5) is 5.13 Å². The Morgan fingerprint density at radius 2 is 1.90 bits per heavy atom. The van der Waals surface area contributed by atoms with Gasteiger partial charge >= 0.3 is 0 Å². The van der Waals surface area contributed by atoms with Crippen LogP contribution in [0.1, 0.15) is 36.8 Å². The van der Waals surface area contributed by atoms with E-state index in [-0.39, 0.29) is 17.9 Å². The van der Waals surface area contributed by atoms with Gasteiger partial charge in [-0.3, -0.25) is 0 Å². The van der Waals surface area contributed by atoms with Gasteiger partial charge < -0.3 is 11.1 Å². The Morgan fingerprint density at radius 3 is 2.40 bits per heavy atom. The second-order valence-corrected chi connectivity index (χ2v) is 6.34. The van der Waals surface area contributed by atoms with Crippen LogP contribution in [0.2, 0.25) is 0 Å². The topological polar surface area (TPSA) is 50.9 Å². The monoisotopic (exact) mass is 311 g/mol. The summed E-state index contributed by atoms with van der Waals surface area (Å²) in [7, 11) is 0. The average Bonchev–Trinajstić information content (AvgIpc) is 2.82. The molecule has 3 nitrogen and oxygen atoms in total. The molecule has 110 valence electrons. The molecule has 5 heteroatoms. The van der Waals surface area contributed by atoms with E-state index in [9.17, 15) is 0 Å². The van der Waals surface area contributed by atoms with Gasteiger partial charge in [0.1, 0.15) is 0 Å². The van der Waals surface area contributed by atoms with Gasteiger partial charge in [0.2, 0.25) is 0 Å². The van der Waals surface area contributed by atoms with E-state index in [1.54, 1.807) is 0 Å². The summed E-state index contributed by atoms with van der Waals surface area (Å²) in [5.74, 6) is 0. The summed E-state index contributed by atoms with van der Waals surface area (Å²) in [5.41, 5.74) is 8.24. The molecule has 0 saturated carbocycles. The number of hydrogen-bond acceptors (Lipinski definition) is 4. The Morgan fingerprint density at radius 1 is 1.25 bits per heavy atom. The highest BCUT2D eigenvalue weighted by Gasteiger charge is 2.19. The number of aryl methyl sites for hydroxylation is 1. The third-order valence-corrected chi connectivity index (χ3v) is 4.19.